The van der Waals surface area contributed by atoms with Crippen LogP contribution in [0.1, 0.15) is 26.7 Å². The molecule has 0 aromatic rings. The van der Waals surface area contributed by atoms with E-state index in [0.717, 1.165) is 12.8 Å². The van der Waals surface area contributed by atoms with Gasteiger partial charge in [-0.15, -0.1) is 11.6 Å². The van der Waals surface area contributed by atoms with Gasteiger partial charge in [-0.1, -0.05) is 26.7 Å². The second-order valence-electron chi connectivity index (χ2n) is 3.14. The molecule has 1 unspecified atom stereocenters. The first-order valence-corrected chi connectivity index (χ1v) is 5.18. The van der Waals surface area contributed by atoms with Crippen LogP contribution in [-0.4, -0.2) is 24.9 Å². The number of nitrogens with one attached hydrogen (secondary N) is 1. The van der Waals surface area contributed by atoms with Crippen LogP contribution in [0.15, 0.2) is 0 Å². The molecule has 0 saturated heterocycles. The van der Waals surface area contributed by atoms with E-state index in [4.69, 9.17) is 11.6 Å². The third-order valence-corrected chi connectivity index (χ3v) is 2.71. The van der Waals surface area contributed by atoms with Gasteiger partial charge in [0.05, 0.1) is 6.54 Å². The molecular formula is C9H18ClF2N. The molecule has 1 nitrogen and oxygen atoms in total. The van der Waals surface area contributed by atoms with E-state index in [1.807, 2.05) is 0 Å². The molecule has 80 valence electrons. The Hall–Kier alpha value is 0.110. The molecular weight excluding hydrogens is 196 g/mol. The lowest BCUT2D eigenvalue weighted by Crippen LogP contribution is -2.31. The highest BCUT2D eigenvalue weighted by molar-refractivity contribution is 6.21. The summed E-state index contributed by atoms with van der Waals surface area (Å²) in [6, 6.07) is 0. The molecule has 4 heteroatoms. The third-order valence-electron chi connectivity index (χ3n) is 2.20. The van der Waals surface area contributed by atoms with E-state index >= 15 is 0 Å². The minimum Gasteiger partial charge on any atom is -0.310 e. The molecule has 0 saturated carbocycles. The van der Waals surface area contributed by atoms with Crippen molar-refractivity contribution in [3.63, 3.8) is 0 Å². The molecule has 0 aliphatic carbocycles. The summed E-state index contributed by atoms with van der Waals surface area (Å²) in [5.41, 5.74) is 0. The van der Waals surface area contributed by atoms with Crippen molar-refractivity contribution in [3.05, 3.63) is 0 Å². The summed E-state index contributed by atoms with van der Waals surface area (Å²) in [5.74, 6) is 0.423. The molecule has 1 N–H and O–H groups in total. The molecule has 0 amide bonds. The highest BCUT2D eigenvalue weighted by Gasteiger charge is 2.15. The number of rotatable bonds is 7. The lowest BCUT2D eigenvalue weighted by Gasteiger charge is -2.19. The van der Waals surface area contributed by atoms with Crippen molar-refractivity contribution in [2.75, 3.05) is 13.1 Å². The maximum Gasteiger partial charge on any atom is 0.250 e. The first-order chi connectivity index (χ1) is 6.11. The van der Waals surface area contributed by atoms with Gasteiger partial charge in [0, 0.05) is 11.9 Å². The topological polar surface area (TPSA) is 12.0 Å². The molecule has 0 aliphatic rings. The summed E-state index contributed by atoms with van der Waals surface area (Å²) >= 11 is 6.02. The standard InChI is InChI=1S/C9H18ClF2N/c1-3-7(4-2)8(10)5-13-6-9(11)12/h7-9,13H,3-6H2,1-2H3. The predicted octanol–water partition coefficient (Wildman–Crippen LogP) is 2.88. The Balaban J connectivity index is 3.53. The van der Waals surface area contributed by atoms with Crippen LogP contribution >= 0.6 is 11.6 Å². The largest absolute Gasteiger partial charge is 0.310 e. The van der Waals surface area contributed by atoms with Crippen LogP contribution in [-0.2, 0) is 0 Å². The van der Waals surface area contributed by atoms with Crippen molar-refractivity contribution in [3.8, 4) is 0 Å². The first kappa shape index (κ1) is 13.1. The van der Waals surface area contributed by atoms with Crippen molar-refractivity contribution in [2.24, 2.45) is 5.92 Å². The monoisotopic (exact) mass is 213 g/mol. The molecule has 0 radical (unpaired) electrons. The van der Waals surface area contributed by atoms with E-state index < -0.39 is 6.43 Å². The van der Waals surface area contributed by atoms with Crippen molar-refractivity contribution in [1.82, 2.24) is 5.32 Å². The minimum absolute atomic E-state index is 0.0336. The lowest BCUT2D eigenvalue weighted by molar-refractivity contribution is 0.145. The van der Waals surface area contributed by atoms with Gasteiger partial charge < -0.3 is 5.32 Å². The summed E-state index contributed by atoms with van der Waals surface area (Å²) in [4.78, 5) is 0. The molecule has 0 heterocycles. The van der Waals surface area contributed by atoms with Crippen molar-refractivity contribution in [2.45, 2.75) is 38.5 Å². The Morgan fingerprint density at radius 3 is 2.08 bits per heavy atom. The van der Waals surface area contributed by atoms with Crippen LogP contribution in [0.3, 0.4) is 0 Å². The smallest absolute Gasteiger partial charge is 0.250 e. The van der Waals surface area contributed by atoms with Gasteiger partial charge in [-0.2, -0.15) is 0 Å². The van der Waals surface area contributed by atoms with Crippen molar-refractivity contribution < 1.29 is 8.78 Å². The molecule has 0 aromatic carbocycles. The molecule has 0 rings (SSSR count). The van der Waals surface area contributed by atoms with Gasteiger partial charge in [-0.05, 0) is 5.92 Å². The van der Waals surface area contributed by atoms with Gasteiger partial charge in [0.2, 0.25) is 0 Å². The van der Waals surface area contributed by atoms with Crippen molar-refractivity contribution in [1.29, 1.82) is 0 Å². The molecule has 0 aliphatic heterocycles. The van der Waals surface area contributed by atoms with Gasteiger partial charge >= 0.3 is 0 Å². The zero-order valence-electron chi connectivity index (χ0n) is 8.19. The fraction of sp³-hybridized carbons (Fsp3) is 1.00. The van der Waals surface area contributed by atoms with Crippen LogP contribution in [0, 0.1) is 5.92 Å². The normalized spacial score (nSPS) is 14.1. The number of halogens is 3. The Kier molecular flexibility index (Phi) is 7.57. The van der Waals surface area contributed by atoms with E-state index in [9.17, 15) is 8.78 Å². The molecule has 1 atom stereocenters. The van der Waals surface area contributed by atoms with Gasteiger partial charge in [0.15, 0.2) is 0 Å². The Labute approximate surface area is 83.8 Å². The molecule has 0 aromatic heterocycles. The van der Waals surface area contributed by atoms with Crippen LogP contribution in [0.2, 0.25) is 0 Å². The van der Waals surface area contributed by atoms with E-state index in [2.05, 4.69) is 19.2 Å². The van der Waals surface area contributed by atoms with Crippen LogP contribution in [0.4, 0.5) is 8.78 Å². The van der Waals surface area contributed by atoms with Crippen LogP contribution in [0.5, 0.6) is 0 Å². The number of hydrogen-bond donors (Lipinski definition) is 1. The third kappa shape index (κ3) is 6.22. The summed E-state index contributed by atoms with van der Waals surface area (Å²) < 4.78 is 23.5. The van der Waals surface area contributed by atoms with Gasteiger partial charge in [-0.25, -0.2) is 8.78 Å². The molecule has 0 bridgehead atoms. The number of alkyl halides is 3. The average Bonchev–Trinajstić information content (AvgIpc) is 2.05. The summed E-state index contributed by atoms with van der Waals surface area (Å²) in [7, 11) is 0. The highest BCUT2D eigenvalue weighted by atomic mass is 35.5. The van der Waals surface area contributed by atoms with Gasteiger partial charge in [-0.3, -0.25) is 0 Å². The molecule has 0 spiro atoms. The van der Waals surface area contributed by atoms with E-state index in [0.29, 0.717) is 12.5 Å². The quantitative estimate of drug-likeness (QED) is 0.642. The fourth-order valence-corrected chi connectivity index (χ4v) is 1.76. The zero-order valence-corrected chi connectivity index (χ0v) is 8.95. The van der Waals surface area contributed by atoms with E-state index in [1.165, 1.54) is 0 Å². The molecule has 0 fully saturated rings. The maximum absolute atomic E-state index is 11.7. The lowest BCUT2D eigenvalue weighted by atomic mass is 9.99. The van der Waals surface area contributed by atoms with Gasteiger partial charge in [0.1, 0.15) is 0 Å². The van der Waals surface area contributed by atoms with E-state index in [-0.39, 0.29) is 11.9 Å². The first-order valence-electron chi connectivity index (χ1n) is 4.74. The SMILES string of the molecule is CCC(CC)C(Cl)CNCC(F)F. The minimum atomic E-state index is -2.29. The second kappa shape index (κ2) is 7.51. The Bertz CT molecular complexity index is 118. The highest BCUT2D eigenvalue weighted by Crippen LogP contribution is 2.17. The fourth-order valence-electron chi connectivity index (χ4n) is 1.30. The second-order valence-corrected chi connectivity index (χ2v) is 3.70. The van der Waals surface area contributed by atoms with Crippen molar-refractivity contribution >= 4 is 11.6 Å². The Morgan fingerprint density at radius 1 is 1.15 bits per heavy atom. The van der Waals surface area contributed by atoms with Crippen LogP contribution in [0.25, 0.3) is 0 Å². The average molecular weight is 214 g/mol. The van der Waals surface area contributed by atoms with Crippen LogP contribution < -0.4 is 5.32 Å². The summed E-state index contributed by atoms with van der Waals surface area (Å²) in [6.45, 7) is 4.34. The predicted molar refractivity (Wildman–Crippen MR) is 52.6 cm³/mol. The molecule has 13 heavy (non-hydrogen) atoms. The maximum atomic E-state index is 11.7. The summed E-state index contributed by atoms with van der Waals surface area (Å²) in [5, 5.41) is 2.62. The van der Waals surface area contributed by atoms with Gasteiger partial charge in [0.25, 0.3) is 6.43 Å². The summed E-state index contributed by atoms with van der Waals surface area (Å²) in [6.07, 6.45) is -0.284. The zero-order chi connectivity index (χ0) is 10.3. The van der Waals surface area contributed by atoms with E-state index in [1.54, 1.807) is 0 Å². The Morgan fingerprint density at radius 2 is 1.69 bits per heavy atom. The number of hydrogen-bond acceptors (Lipinski definition) is 1.